The second-order valence-electron chi connectivity index (χ2n) is 26.6. The first-order valence-corrected chi connectivity index (χ1v) is 32.9. The lowest BCUT2D eigenvalue weighted by Crippen LogP contribution is -2.62. The summed E-state index contributed by atoms with van der Waals surface area (Å²) in [5.74, 6) is 0. The molecule has 2 aliphatic heterocycles. The Balaban J connectivity index is 1.08. The van der Waals surface area contributed by atoms with Crippen LogP contribution in [0.3, 0.4) is 0 Å². The fourth-order valence-corrected chi connectivity index (χ4v) is 16.1. The Kier molecular flexibility index (Phi) is 10.9. The van der Waals surface area contributed by atoms with Gasteiger partial charge in [0.1, 0.15) is 0 Å². The summed E-state index contributed by atoms with van der Waals surface area (Å²) in [6.07, 6.45) is 9.01. The Labute approximate surface area is 469 Å². The molecule has 5 heteroatoms. The van der Waals surface area contributed by atoms with E-state index in [4.69, 9.17) is 0 Å². The van der Waals surface area contributed by atoms with Crippen LogP contribution in [-0.2, 0) is 43.9 Å². The number of anilines is 9. The molecule has 0 aromatic heterocycles. The Morgan fingerprint density at radius 1 is 0.443 bits per heavy atom. The van der Waals surface area contributed by atoms with Crippen LogP contribution in [0.4, 0.5) is 51.2 Å². The van der Waals surface area contributed by atoms with E-state index in [1.165, 1.54) is 140 Å². The van der Waals surface area contributed by atoms with Crippen molar-refractivity contribution in [1.82, 2.24) is 0 Å². The highest BCUT2D eigenvalue weighted by molar-refractivity contribution is 7.01. The van der Waals surface area contributed by atoms with E-state index in [9.17, 15) is 0 Å². The van der Waals surface area contributed by atoms with Crippen molar-refractivity contribution in [2.24, 2.45) is 5.41 Å². The van der Waals surface area contributed by atoms with Gasteiger partial charge in [0.05, 0.1) is 25.1 Å². The minimum Gasteiger partial charge on any atom is -0.311 e. The lowest BCUT2D eigenvalue weighted by molar-refractivity contribution is 0.392. The molecule has 3 aliphatic carbocycles. The highest BCUT2D eigenvalue weighted by Gasteiger charge is 2.46. The zero-order valence-electron chi connectivity index (χ0n) is 47.4. The SMILES string of the molecule is CC1(C)Cc2cc3c(cc2C1)N(c1ccc2c4c(cccc14)CCC2)c1cc(N(c2ccc(-c4ccccc4)cc2)c2ccc(C(C)(C)C)cc2)cc2c1B3c1cc([Si](C)(C)C)ccc1N2c1ccc2c3c(cccc13)CCC2. The van der Waals surface area contributed by atoms with Crippen LogP contribution in [0.15, 0.2) is 182 Å². The van der Waals surface area contributed by atoms with Gasteiger partial charge in [-0.3, -0.25) is 0 Å². The van der Waals surface area contributed by atoms with E-state index in [0.717, 1.165) is 55.6 Å². The van der Waals surface area contributed by atoms with Gasteiger partial charge >= 0.3 is 0 Å². The van der Waals surface area contributed by atoms with Gasteiger partial charge in [0, 0.05) is 44.9 Å². The minimum atomic E-state index is -1.79. The molecule has 5 aliphatic rings. The molecule has 0 amide bonds. The Hall–Kier alpha value is -7.60. The molecule has 79 heavy (non-hydrogen) atoms. The number of hydrogen-bond donors (Lipinski definition) is 0. The van der Waals surface area contributed by atoms with Crippen LogP contribution in [0.2, 0.25) is 19.6 Å². The summed E-state index contributed by atoms with van der Waals surface area (Å²) in [6, 6.07) is 71.9. The van der Waals surface area contributed by atoms with Crippen molar-refractivity contribution < 1.29 is 0 Å². The van der Waals surface area contributed by atoms with Gasteiger partial charge in [-0.15, -0.1) is 0 Å². The van der Waals surface area contributed by atoms with Gasteiger partial charge in [0.15, 0.2) is 0 Å². The lowest BCUT2D eigenvalue weighted by Gasteiger charge is -2.46. The number of nitrogens with zero attached hydrogens (tertiary/aromatic N) is 3. The zero-order chi connectivity index (χ0) is 53.7. The zero-order valence-corrected chi connectivity index (χ0v) is 48.4. The smallest absolute Gasteiger partial charge is 0.252 e. The van der Waals surface area contributed by atoms with E-state index in [0.29, 0.717) is 0 Å². The number of aryl methyl sites for hydroxylation is 4. The van der Waals surface area contributed by atoms with Crippen molar-refractivity contribution >= 4 is 109 Å². The predicted molar refractivity (Wildman–Crippen MR) is 343 cm³/mol. The standard InChI is InChI=1S/C74H70BN3Si/c1-73(2,3)55-30-34-57(35-31-55)76(56-32-26-48(27-33-56)47-16-10-9-11-17-47)58-42-68-72-69(43-58)78(65-38-29-52-21-13-19-50-23-15-25-61(65)71(50)52)67-41-54-46-74(4,5)45-53(54)40-62(67)75(72)63-44-59(79(6,7)8)36-39-66(63)77(68)64-37-28-51-20-12-18-49-22-14-24-60(64)70(49)51/h9-11,14-17,22-44H,12-13,18-21,45-46H2,1-8H3. The largest absolute Gasteiger partial charge is 0.311 e. The highest BCUT2D eigenvalue weighted by atomic mass is 28.3. The normalized spacial score (nSPS) is 15.7. The third kappa shape index (κ3) is 7.81. The van der Waals surface area contributed by atoms with Gasteiger partial charge in [0.25, 0.3) is 6.71 Å². The average molecular weight is 1040 g/mol. The Bertz CT molecular complexity index is 4120. The monoisotopic (exact) mass is 1040 g/mol. The van der Waals surface area contributed by atoms with E-state index < -0.39 is 8.07 Å². The van der Waals surface area contributed by atoms with E-state index in [-0.39, 0.29) is 17.5 Å². The molecule has 3 nitrogen and oxygen atoms in total. The van der Waals surface area contributed by atoms with E-state index in [1.807, 2.05) is 0 Å². The van der Waals surface area contributed by atoms with Gasteiger partial charge in [0.2, 0.25) is 0 Å². The molecule has 10 aromatic rings. The molecule has 0 N–H and O–H groups in total. The van der Waals surface area contributed by atoms with Crippen molar-refractivity contribution in [2.45, 2.75) is 111 Å². The van der Waals surface area contributed by atoms with Crippen molar-refractivity contribution in [1.29, 1.82) is 0 Å². The molecule has 0 spiro atoms. The Morgan fingerprint density at radius 2 is 0.949 bits per heavy atom. The predicted octanol–water partition coefficient (Wildman–Crippen LogP) is 17.2. The molecule has 0 saturated heterocycles. The van der Waals surface area contributed by atoms with Crippen LogP contribution in [0.5, 0.6) is 0 Å². The van der Waals surface area contributed by atoms with Crippen molar-refractivity contribution in [3.05, 3.63) is 221 Å². The first-order chi connectivity index (χ1) is 38.1. The van der Waals surface area contributed by atoms with E-state index in [2.05, 4.69) is 251 Å². The van der Waals surface area contributed by atoms with Crippen LogP contribution < -0.4 is 36.3 Å². The summed E-state index contributed by atoms with van der Waals surface area (Å²) >= 11 is 0. The number of rotatable bonds is 7. The summed E-state index contributed by atoms with van der Waals surface area (Å²) in [4.78, 5) is 8.01. The highest BCUT2D eigenvalue weighted by Crippen LogP contribution is 2.52. The molecule has 0 saturated carbocycles. The molecular weight excluding hydrogens is 970 g/mol. The van der Waals surface area contributed by atoms with Crippen molar-refractivity contribution in [2.75, 3.05) is 14.7 Å². The molecule has 2 heterocycles. The van der Waals surface area contributed by atoms with E-state index >= 15 is 0 Å². The maximum Gasteiger partial charge on any atom is 0.252 e. The van der Waals surface area contributed by atoms with Gasteiger partial charge in [-0.05, 0) is 200 Å². The van der Waals surface area contributed by atoms with Crippen LogP contribution in [0, 0.1) is 5.41 Å². The second kappa shape index (κ2) is 17.7. The van der Waals surface area contributed by atoms with Crippen LogP contribution in [0.25, 0.3) is 32.7 Å². The van der Waals surface area contributed by atoms with Crippen LogP contribution in [-0.4, -0.2) is 14.8 Å². The third-order valence-corrected chi connectivity index (χ3v) is 20.7. The van der Waals surface area contributed by atoms with Gasteiger partial charge in [-0.25, -0.2) is 0 Å². The molecule has 0 radical (unpaired) electrons. The number of hydrogen-bond acceptors (Lipinski definition) is 3. The maximum atomic E-state index is 2.75. The third-order valence-electron chi connectivity index (χ3n) is 18.7. The second-order valence-corrected chi connectivity index (χ2v) is 31.7. The van der Waals surface area contributed by atoms with Crippen LogP contribution in [0.1, 0.15) is 86.4 Å². The summed E-state index contributed by atoms with van der Waals surface area (Å²) in [7, 11) is -1.79. The van der Waals surface area contributed by atoms with Gasteiger partial charge in [-0.1, -0.05) is 181 Å². The first-order valence-electron chi connectivity index (χ1n) is 29.4. The van der Waals surface area contributed by atoms with Gasteiger partial charge in [-0.2, -0.15) is 0 Å². The average Bonchev–Trinajstić information content (AvgIpc) is 3.96. The minimum absolute atomic E-state index is 0.00602. The number of fused-ring (bicyclic) bond motifs is 5. The molecule has 0 fully saturated rings. The maximum absolute atomic E-state index is 2.75. The topological polar surface area (TPSA) is 9.72 Å². The van der Waals surface area contributed by atoms with Crippen LogP contribution >= 0.6 is 0 Å². The fourth-order valence-electron chi connectivity index (χ4n) is 14.9. The molecule has 0 bridgehead atoms. The summed E-state index contributed by atoms with van der Waals surface area (Å²) in [6.45, 7) is 19.5. The van der Waals surface area contributed by atoms with Crippen molar-refractivity contribution in [3.8, 4) is 11.1 Å². The quantitative estimate of drug-likeness (QED) is 0.147. The summed E-state index contributed by atoms with van der Waals surface area (Å²) in [5.41, 5.74) is 28.1. The molecule has 15 rings (SSSR count). The lowest BCUT2D eigenvalue weighted by atomic mass is 9.33. The molecule has 0 atom stereocenters. The van der Waals surface area contributed by atoms with Crippen molar-refractivity contribution in [3.63, 3.8) is 0 Å². The molecular formula is C74H70BN3Si. The summed E-state index contributed by atoms with van der Waals surface area (Å²) in [5, 5.41) is 7.10. The number of benzene rings is 10. The van der Waals surface area contributed by atoms with Gasteiger partial charge < -0.3 is 14.7 Å². The fraction of sp³-hybridized carbons (Fsp3) is 0.243. The van der Waals surface area contributed by atoms with E-state index in [1.54, 1.807) is 0 Å². The Morgan fingerprint density at radius 3 is 1.52 bits per heavy atom. The molecule has 0 unspecified atom stereocenters. The summed E-state index contributed by atoms with van der Waals surface area (Å²) < 4.78 is 0. The molecule has 388 valence electrons. The molecule has 10 aromatic carbocycles. The first kappa shape index (κ1) is 48.5.